The van der Waals surface area contributed by atoms with Crippen LogP contribution in [0.3, 0.4) is 0 Å². The van der Waals surface area contributed by atoms with Crippen molar-refractivity contribution in [2.75, 3.05) is 18.5 Å². The Morgan fingerprint density at radius 3 is 2.13 bits per heavy atom. The average molecular weight is 765 g/mol. The van der Waals surface area contributed by atoms with Crippen LogP contribution in [-0.2, 0) is 25.8 Å². The fourth-order valence-electron chi connectivity index (χ4n) is 6.35. The summed E-state index contributed by atoms with van der Waals surface area (Å²) in [5.74, 6) is -1.65. The average Bonchev–Trinajstić information content (AvgIpc) is 3.49. The second-order valence-corrected chi connectivity index (χ2v) is 13.2. The number of hydrogen-bond acceptors (Lipinski definition) is 11. The van der Waals surface area contributed by atoms with Crippen molar-refractivity contribution in [2.45, 2.75) is 83.1 Å². The zero-order valence-corrected chi connectivity index (χ0v) is 30.5. The van der Waals surface area contributed by atoms with Crippen LogP contribution in [0.15, 0.2) is 84.9 Å². The number of halogens is 1. The van der Waals surface area contributed by atoms with Crippen molar-refractivity contribution in [3.05, 3.63) is 122 Å². The number of amides is 1. The van der Waals surface area contributed by atoms with Gasteiger partial charge in [0.15, 0.2) is 0 Å². The molecule has 0 saturated carbocycles. The predicted octanol–water partition coefficient (Wildman–Crippen LogP) is 6.73. The van der Waals surface area contributed by atoms with Gasteiger partial charge in [0.1, 0.15) is 18.5 Å². The number of carbonyl (C=O) groups is 2. The molecule has 1 heterocycles. The number of rotatable bonds is 22. The Kier molecular flexibility index (Phi) is 15.6. The number of hydrogen-bond donors (Lipinski definition) is 3. The van der Waals surface area contributed by atoms with E-state index in [0.717, 1.165) is 5.56 Å². The second kappa shape index (κ2) is 20.5. The number of ether oxygens (including phenoxy) is 1. The summed E-state index contributed by atoms with van der Waals surface area (Å²) in [6.45, 7) is 3.44. The Morgan fingerprint density at radius 2 is 1.51 bits per heavy atom. The fourth-order valence-corrected chi connectivity index (χ4v) is 6.35. The third-order valence-corrected chi connectivity index (χ3v) is 8.71. The summed E-state index contributed by atoms with van der Waals surface area (Å²) in [7, 11) is 0. The molecule has 0 aliphatic rings. The van der Waals surface area contributed by atoms with E-state index in [0.29, 0.717) is 33.8 Å². The molecule has 15 nitrogen and oxygen atoms in total. The maximum atomic E-state index is 14.2. The lowest BCUT2D eigenvalue weighted by atomic mass is 9.94. The van der Waals surface area contributed by atoms with Gasteiger partial charge in [-0.3, -0.25) is 9.59 Å². The van der Waals surface area contributed by atoms with Gasteiger partial charge in [-0.25, -0.2) is 4.39 Å². The van der Waals surface area contributed by atoms with Crippen molar-refractivity contribution in [3.63, 3.8) is 0 Å². The van der Waals surface area contributed by atoms with Crippen LogP contribution < -0.4 is 5.32 Å². The van der Waals surface area contributed by atoms with E-state index in [1.807, 2.05) is 66.9 Å². The molecule has 0 spiro atoms. The molecule has 0 aliphatic heterocycles. The quantitative estimate of drug-likeness (QED) is 0.0331. The van der Waals surface area contributed by atoms with E-state index in [1.165, 1.54) is 12.1 Å². The van der Waals surface area contributed by atoms with Gasteiger partial charge in [0.2, 0.25) is 0 Å². The minimum absolute atomic E-state index is 0.0377. The SMILES string of the molecule is CC(C)c1c(C(=O)Nc2ccccc2)c(-c2ccccc2)c(-c2ccc(F)cc2)n1CCC(O)C[C@@H](O)CC(=O)OCCCCC(CO[N+](=O)[O-])O[N+](=O)[O-]. The lowest BCUT2D eigenvalue weighted by molar-refractivity contribution is -0.790. The molecule has 0 radical (unpaired) electrons. The Morgan fingerprint density at radius 1 is 0.855 bits per heavy atom. The van der Waals surface area contributed by atoms with E-state index in [1.54, 1.807) is 24.3 Å². The van der Waals surface area contributed by atoms with Gasteiger partial charge in [0.25, 0.3) is 16.1 Å². The Hall–Kier alpha value is -5.87. The van der Waals surface area contributed by atoms with Crippen molar-refractivity contribution in [1.82, 2.24) is 4.57 Å². The molecule has 294 valence electrons. The van der Waals surface area contributed by atoms with Gasteiger partial charge >= 0.3 is 5.97 Å². The Labute approximate surface area is 316 Å². The Balaban J connectivity index is 1.48. The number of anilines is 1. The summed E-state index contributed by atoms with van der Waals surface area (Å²) in [6, 6.07) is 24.5. The van der Waals surface area contributed by atoms with Gasteiger partial charge in [0.05, 0.1) is 36.5 Å². The highest BCUT2D eigenvalue weighted by molar-refractivity contribution is 6.12. The monoisotopic (exact) mass is 764 g/mol. The normalized spacial score (nSPS) is 12.8. The summed E-state index contributed by atoms with van der Waals surface area (Å²) in [5.41, 5.74) is 4.47. The van der Waals surface area contributed by atoms with Gasteiger partial charge in [0, 0.05) is 23.5 Å². The van der Waals surface area contributed by atoms with Crippen molar-refractivity contribution >= 4 is 17.6 Å². The number of esters is 1. The number of aliphatic hydroxyl groups is 2. The van der Waals surface area contributed by atoms with Crippen LogP contribution in [0.25, 0.3) is 22.4 Å². The fraction of sp³-hybridized carbons (Fsp3) is 0.385. The highest BCUT2D eigenvalue weighted by Gasteiger charge is 2.31. The summed E-state index contributed by atoms with van der Waals surface area (Å²) in [5, 5.41) is 43.6. The lowest BCUT2D eigenvalue weighted by Gasteiger charge is -2.20. The molecule has 4 aromatic rings. The smallest absolute Gasteiger partial charge is 0.308 e. The first-order chi connectivity index (χ1) is 26.3. The largest absolute Gasteiger partial charge is 0.466 e. The molecule has 4 rings (SSSR count). The maximum absolute atomic E-state index is 14.2. The summed E-state index contributed by atoms with van der Waals surface area (Å²) < 4.78 is 21.3. The molecule has 1 aromatic heterocycles. The lowest BCUT2D eigenvalue weighted by Crippen LogP contribution is -2.25. The number of aromatic nitrogens is 1. The number of aliphatic hydroxyl groups excluding tert-OH is 2. The van der Waals surface area contributed by atoms with Crippen molar-refractivity contribution in [1.29, 1.82) is 0 Å². The number of unbranched alkanes of at least 4 members (excludes halogenated alkanes) is 1. The van der Waals surface area contributed by atoms with E-state index in [4.69, 9.17) is 4.74 Å². The van der Waals surface area contributed by atoms with E-state index in [2.05, 4.69) is 15.0 Å². The molecular weight excluding hydrogens is 719 g/mol. The molecule has 3 atom stereocenters. The van der Waals surface area contributed by atoms with E-state index >= 15 is 0 Å². The minimum atomic E-state index is -1.24. The summed E-state index contributed by atoms with van der Waals surface area (Å²) in [6.07, 6.45) is -3.31. The molecule has 16 heteroatoms. The Bertz CT molecular complexity index is 1870. The van der Waals surface area contributed by atoms with Gasteiger partial charge in [-0.2, -0.15) is 0 Å². The number of nitrogens with one attached hydrogen (secondary N) is 1. The summed E-state index contributed by atoms with van der Waals surface area (Å²) >= 11 is 0. The number of para-hydroxylation sites is 1. The summed E-state index contributed by atoms with van der Waals surface area (Å²) in [4.78, 5) is 56.2. The molecule has 0 fully saturated rings. The van der Waals surface area contributed by atoms with Crippen LogP contribution in [0.4, 0.5) is 10.1 Å². The van der Waals surface area contributed by atoms with Crippen molar-refractivity contribution in [2.24, 2.45) is 0 Å². The minimum Gasteiger partial charge on any atom is -0.466 e. The predicted molar refractivity (Wildman–Crippen MR) is 199 cm³/mol. The maximum Gasteiger partial charge on any atom is 0.308 e. The van der Waals surface area contributed by atoms with Gasteiger partial charge in [-0.05, 0) is 85.5 Å². The zero-order chi connectivity index (χ0) is 39.9. The third kappa shape index (κ3) is 12.6. The number of carbonyl (C=O) groups excluding carboxylic acids is 2. The first-order valence-corrected chi connectivity index (χ1v) is 17.9. The standard InChI is InChI=1S/C39H45FN4O11/c1-26(2)37-36(39(48)41-30-13-7-4-8-14-30)35(27-11-5-3-6-12-27)38(28-16-18-29(40)19-17-28)42(37)21-20-31(45)23-32(46)24-34(47)53-22-10-9-15-33(55-44(51)52)25-54-43(49)50/h3-8,11-14,16-19,26,31-33,45-46H,9-10,15,20-25H2,1-2H3,(H,41,48)/t31?,32-,33?/m1/s1. The molecular formula is C39H45FN4O11. The second-order valence-electron chi connectivity index (χ2n) is 13.2. The molecule has 3 N–H and O–H groups in total. The van der Waals surface area contributed by atoms with Gasteiger partial charge in [-0.1, -0.05) is 62.4 Å². The molecule has 3 aromatic carbocycles. The van der Waals surface area contributed by atoms with Crippen LogP contribution in [0.2, 0.25) is 0 Å². The first-order valence-electron chi connectivity index (χ1n) is 17.9. The third-order valence-electron chi connectivity index (χ3n) is 8.71. The van der Waals surface area contributed by atoms with E-state index in [9.17, 15) is 44.4 Å². The molecule has 1 amide bonds. The van der Waals surface area contributed by atoms with Crippen LogP contribution >= 0.6 is 0 Å². The molecule has 0 bridgehead atoms. The molecule has 55 heavy (non-hydrogen) atoms. The van der Waals surface area contributed by atoms with Crippen molar-refractivity contribution in [3.8, 4) is 22.4 Å². The van der Waals surface area contributed by atoms with E-state index < -0.39 is 53.3 Å². The number of benzene rings is 3. The first kappa shape index (κ1) is 41.9. The topological polar surface area (TPSA) is 206 Å². The highest BCUT2D eigenvalue weighted by atomic mass is 19.1. The van der Waals surface area contributed by atoms with Crippen LogP contribution in [0.1, 0.15) is 74.3 Å². The molecule has 0 saturated heterocycles. The molecule has 2 unspecified atom stereocenters. The van der Waals surface area contributed by atoms with Crippen molar-refractivity contribution < 1.29 is 48.8 Å². The van der Waals surface area contributed by atoms with Crippen LogP contribution in [-0.4, -0.2) is 68.4 Å². The van der Waals surface area contributed by atoms with Gasteiger partial charge in [-0.15, -0.1) is 20.2 Å². The zero-order valence-electron chi connectivity index (χ0n) is 30.5. The highest BCUT2D eigenvalue weighted by Crippen LogP contribution is 2.42. The van der Waals surface area contributed by atoms with Crippen LogP contribution in [0, 0.1) is 26.0 Å². The number of nitrogens with zero attached hydrogens (tertiary/aromatic N) is 3. The van der Waals surface area contributed by atoms with Gasteiger partial charge < -0.3 is 34.5 Å². The van der Waals surface area contributed by atoms with Crippen LogP contribution in [0.5, 0.6) is 0 Å². The van der Waals surface area contributed by atoms with E-state index in [-0.39, 0.29) is 57.1 Å². The molecule has 0 aliphatic carbocycles.